The second kappa shape index (κ2) is 6.94. The van der Waals surface area contributed by atoms with Crippen molar-refractivity contribution in [3.8, 4) is 5.75 Å². The highest BCUT2D eigenvalue weighted by Crippen LogP contribution is 2.38. The topological polar surface area (TPSA) is 64.3 Å². The van der Waals surface area contributed by atoms with Crippen LogP contribution in [0.2, 0.25) is 0 Å². The Morgan fingerprint density at radius 1 is 1.48 bits per heavy atom. The van der Waals surface area contributed by atoms with Gasteiger partial charge in [0.1, 0.15) is 5.75 Å². The van der Waals surface area contributed by atoms with Crippen molar-refractivity contribution >= 4 is 5.91 Å². The van der Waals surface area contributed by atoms with E-state index >= 15 is 0 Å². The maximum Gasteiger partial charge on any atom is 0.217 e. The smallest absolute Gasteiger partial charge is 0.217 e. The van der Waals surface area contributed by atoms with E-state index in [-0.39, 0.29) is 18.0 Å². The predicted octanol–water partition coefficient (Wildman–Crippen LogP) is 3.01. The van der Waals surface area contributed by atoms with Gasteiger partial charge < -0.3 is 15.8 Å². The van der Waals surface area contributed by atoms with E-state index < -0.39 is 0 Å². The first-order chi connectivity index (χ1) is 10.1. The zero-order chi connectivity index (χ0) is 15.4. The van der Waals surface area contributed by atoms with E-state index in [1.54, 1.807) is 6.92 Å². The second-order valence-electron chi connectivity index (χ2n) is 5.74. The molecular formula is C17H26N2O2. The average Bonchev–Trinajstić information content (AvgIpc) is 2.46. The molecule has 1 heterocycles. The monoisotopic (exact) mass is 290 g/mol. The lowest BCUT2D eigenvalue weighted by molar-refractivity contribution is -0.119. The standard InChI is InChI=1S/C17H26N2O2/c1-4-6-15(18)13-9-12(5-2)17-14(10-13)16(7-8-21-17)19-11(3)20/h9-10,15-16H,4-8,18H2,1-3H3,(H,19,20). The van der Waals surface area contributed by atoms with Crippen LogP contribution in [0, 0.1) is 0 Å². The average molecular weight is 290 g/mol. The van der Waals surface area contributed by atoms with Crippen LogP contribution in [-0.2, 0) is 11.2 Å². The molecule has 0 radical (unpaired) electrons. The molecule has 3 N–H and O–H groups in total. The summed E-state index contributed by atoms with van der Waals surface area (Å²) in [7, 11) is 0. The molecule has 0 saturated carbocycles. The lowest BCUT2D eigenvalue weighted by Crippen LogP contribution is -2.31. The SMILES string of the molecule is CCCC(N)c1cc(CC)c2c(c1)C(NC(C)=O)CCO2. The highest BCUT2D eigenvalue weighted by Gasteiger charge is 2.25. The van der Waals surface area contributed by atoms with Gasteiger partial charge in [0.05, 0.1) is 12.6 Å². The van der Waals surface area contributed by atoms with Crippen molar-refractivity contribution in [2.24, 2.45) is 5.73 Å². The number of hydrogen-bond donors (Lipinski definition) is 2. The summed E-state index contributed by atoms with van der Waals surface area (Å²) in [5.41, 5.74) is 9.69. The molecule has 0 spiro atoms. The molecule has 1 aromatic carbocycles. The first-order valence-corrected chi connectivity index (χ1v) is 7.89. The number of nitrogens with two attached hydrogens (primary N) is 1. The minimum Gasteiger partial charge on any atom is -0.493 e. The van der Waals surface area contributed by atoms with E-state index in [4.69, 9.17) is 10.5 Å². The normalized spacial score (nSPS) is 18.6. The number of benzene rings is 1. The maximum atomic E-state index is 11.4. The third-order valence-electron chi connectivity index (χ3n) is 4.03. The van der Waals surface area contributed by atoms with Crippen LogP contribution in [0.5, 0.6) is 5.75 Å². The van der Waals surface area contributed by atoms with Gasteiger partial charge in [-0.3, -0.25) is 4.79 Å². The fourth-order valence-electron chi connectivity index (χ4n) is 2.96. The van der Waals surface area contributed by atoms with Crippen LogP contribution in [0.4, 0.5) is 0 Å². The molecule has 0 aliphatic carbocycles. The molecule has 0 aromatic heterocycles. The summed E-state index contributed by atoms with van der Waals surface area (Å²) in [6.07, 6.45) is 3.74. The fraction of sp³-hybridized carbons (Fsp3) is 0.588. The summed E-state index contributed by atoms with van der Waals surface area (Å²) in [6.45, 7) is 6.46. The van der Waals surface area contributed by atoms with E-state index in [9.17, 15) is 4.79 Å². The highest BCUT2D eigenvalue weighted by molar-refractivity contribution is 5.73. The van der Waals surface area contributed by atoms with Crippen LogP contribution >= 0.6 is 0 Å². The number of fused-ring (bicyclic) bond motifs is 1. The molecule has 0 saturated heterocycles. The number of nitrogens with one attached hydrogen (secondary N) is 1. The zero-order valence-electron chi connectivity index (χ0n) is 13.2. The van der Waals surface area contributed by atoms with Crippen molar-refractivity contribution in [1.82, 2.24) is 5.32 Å². The third-order valence-corrected chi connectivity index (χ3v) is 4.03. The summed E-state index contributed by atoms with van der Waals surface area (Å²) < 4.78 is 5.86. The zero-order valence-corrected chi connectivity index (χ0v) is 13.2. The first-order valence-electron chi connectivity index (χ1n) is 7.89. The van der Waals surface area contributed by atoms with Gasteiger partial charge in [0.2, 0.25) is 5.91 Å². The van der Waals surface area contributed by atoms with Gasteiger partial charge in [-0.1, -0.05) is 26.3 Å². The van der Waals surface area contributed by atoms with E-state index in [1.807, 2.05) is 0 Å². The van der Waals surface area contributed by atoms with Crippen molar-refractivity contribution in [2.45, 2.75) is 58.5 Å². The Morgan fingerprint density at radius 3 is 2.86 bits per heavy atom. The minimum atomic E-state index is -0.00541. The van der Waals surface area contributed by atoms with Gasteiger partial charge in [0.15, 0.2) is 0 Å². The van der Waals surface area contributed by atoms with Crippen LogP contribution in [0.3, 0.4) is 0 Å². The Labute approximate surface area is 127 Å². The molecule has 1 aromatic rings. The molecule has 0 bridgehead atoms. The number of aryl methyl sites for hydroxylation is 1. The third kappa shape index (κ3) is 3.56. The van der Waals surface area contributed by atoms with Crippen LogP contribution in [0.1, 0.15) is 68.8 Å². The van der Waals surface area contributed by atoms with Crippen molar-refractivity contribution in [1.29, 1.82) is 0 Å². The summed E-state index contributed by atoms with van der Waals surface area (Å²) in [4.78, 5) is 11.4. The number of rotatable bonds is 5. The molecule has 21 heavy (non-hydrogen) atoms. The molecule has 2 unspecified atom stereocenters. The molecular weight excluding hydrogens is 264 g/mol. The van der Waals surface area contributed by atoms with Crippen molar-refractivity contribution in [3.05, 3.63) is 28.8 Å². The van der Waals surface area contributed by atoms with Crippen molar-refractivity contribution in [2.75, 3.05) is 6.61 Å². The van der Waals surface area contributed by atoms with Crippen LogP contribution in [-0.4, -0.2) is 12.5 Å². The Balaban J connectivity index is 2.42. The lowest BCUT2D eigenvalue weighted by atomic mass is 9.91. The van der Waals surface area contributed by atoms with Gasteiger partial charge in [-0.05, 0) is 30.0 Å². The summed E-state index contributed by atoms with van der Waals surface area (Å²) in [5.74, 6) is 0.934. The quantitative estimate of drug-likeness (QED) is 0.876. The largest absolute Gasteiger partial charge is 0.493 e. The van der Waals surface area contributed by atoms with Gasteiger partial charge in [-0.2, -0.15) is 0 Å². The number of ether oxygens (including phenoxy) is 1. The van der Waals surface area contributed by atoms with Gasteiger partial charge in [-0.15, -0.1) is 0 Å². The maximum absolute atomic E-state index is 11.4. The van der Waals surface area contributed by atoms with Crippen LogP contribution < -0.4 is 15.8 Å². The molecule has 1 aliphatic rings. The van der Waals surface area contributed by atoms with Gasteiger partial charge >= 0.3 is 0 Å². The van der Waals surface area contributed by atoms with E-state index in [2.05, 4.69) is 31.3 Å². The Hall–Kier alpha value is -1.55. The Bertz CT molecular complexity index is 514. The number of amides is 1. The molecule has 4 heteroatoms. The Morgan fingerprint density at radius 2 is 2.24 bits per heavy atom. The van der Waals surface area contributed by atoms with Gasteiger partial charge in [0, 0.05) is 24.9 Å². The molecule has 4 nitrogen and oxygen atoms in total. The predicted molar refractivity (Wildman–Crippen MR) is 84.3 cm³/mol. The van der Waals surface area contributed by atoms with E-state index in [0.29, 0.717) is 6.61 Å². The van der Waals surface area contributed by atoms with Gasteiger partial charge in [0.25, 0.3) is 0 Å². The molecule has 1 aliphatic heterocycles. The first kappa shape index (κ1) is 15.8. The molecule has 1 amide bonds. The fourth-order valence-corrected chi connectivity index (χ4v) is 2.96. The number of hydrogen-bond acceptors (Lipinski definition) is 3. The number of carbonyl (C=O) groups excluding carboxylic acids is 1. The van der Waals surface area contributed by atoms with E-state index in [1.165, 1.54) is 5.56 Å². The number of carbonyl (C=O) groups is 1. The minimum absolute atomic E-state index is 0.00541. The van der Waals surface area contributed by atoms with E-state index in [0.717, 1.165) is 42.6 Å². The highest BCUT2D eigenvalue weighted by atomic mass is 16.5. The summed E-state index contributed by atoms with van der Waals surface area (Å²) >= 11 is 0. The van der Waals surface area contributed by atoms with Crippen LogP contribution in [0.25, 0.3) is 0 Å². The Kier molecular flexibility index (Phi) is 5.23. The molecule has 2 rings (SSSR count). The molecule has 116 valence electrons. The molecule has 0 fully saturated rings. The second-order valence-corrected chi connectivity index (χ2v) is 5.74. The summed E-state index contributed by atoms with van der Waals surface area (Å²) in [6, 6.07) is 4.36. The van der Waals surface area contributed by atoms with Crippen LogP contribution in [0.15, 0.2) is 12.1 Å². The lowest BCUT2D eigenvalue weighted by Gasteiger charge is -2.29. The van der Waals surface area contributed by atoms with Crippen molar-refractivity contribution < 1.29 is 9.53 Å². The van der Waals surface area contributed by atoms with Gasteiger partial charge in [-0.25, -0.2) is 0 Å². The summed E-state index contributed by atoms with van der Waals surface area (Å²) in [5, 5.41) is 3.03. The van der Waals surface area contributed by atoms with Crippen molar-refractivity contribution in [3.63, 3.8) is 0 Å². The molecule has 2 atom stereocenters.